The first kappa shape index (κ1) is 29.2. The van der Waals surface area contributed by atoms with E-state index in [4.69, 9.17) is 19.4 Å². The highest BCUT2D eigenvalue weighted by molar-refractivity contribution is 6.09. The maximum absolute atomic E-state index is 6.46. The van der Waals surface area contributed by atoms with Crippen LogP contribution in [0.5, 0.6) is 0 Å². The van der Waals surface area contributed by atoms with Crippen molar-refractivity contribution in [3.8, 4) is 45.3 Å². The predicted molar refractivity (Wildman–Crippen MR) is 206 cm³/mol. The van der Waals surface area contributed by atoms with E-state index in [1.807, 2.05) is 12.1 Å². The third kappa shape index (κ3) is 4.84. The molecule has 4 fully saturated rings. The van der Waals surface area contributed by atoms with Gasteiger partial charge in [-0.1, -0.05) is 115 Å². The minimum absolute atomic E-state index is 0.354. The zero-order valence-corrected chi connectivity index (χ0v) is 28.4. The van der Waals surface area contributed by atoms with Crippen molar-refractivity contribution in [1.82, 2.24) is 15.0 Å². The summed E-state index contributed by atoms with van der Waals surface area (Å²) in [5.41, 5.74) is 8.70. The number of hydrogen-bond donors (Lipinski definition) is 0. The Hall–Kier alpha value is -5.61. The van der Waals surface area contributed by atoms with Crippen LogP contribution in [0.15, 0.2) is 138 Å². The average molecular weight is 660 g/mol. The highest BCUT2D eigenvalue weighted by atomic mass is 16.3. The van der Waals surface area contributed by atoms with E-state index >= 15 is 0 Å². The van der Waals surface area contributed by atoms with Crippen LogP contribution < -0.4 is 0 Å². The van der Waals surface area contributed by atoms with Gasteiger partial charge in [0.05, 0.1) is 5.56 Å². The van der Waals surface area contributed by atoms with Gasteiger partial charge < -0.3 is 4.42 Å². The molecule has 8 aromatic rings. The van der Waals surface area contributed by atoms with E-state index in [2.05, 4.69) is 121 Å². The Morgan fingerprint density at radius 2 is 1.04 bits per heavy atom. The molecule has 2 aromatic heterocycles. The van der Waals surface area contributed by atoms with Crippen molar-refractivity contribution in [1.29, 1.82) is 0 Å². The lowest BCUT2D eigenvalue weighted by Gasteiger charge is -2.57. The summed E-state index contributed by atoms with van der Waals surface area (Å²) >= 11 is 0. The third-order valence-corrected chi connectivity index (χ3v) is 12.3. The van der Waals surface area contributed by atoms with Crippen LogP contribution in [0, 0.1) is 17.8 Å². The van der Waals surface area contributed by atoms with E-state index in [-0.39, 0.29) is 0 Å². The molecule has 4 nitrogen and oxygen atoms in total. The van der Waals surface area contributed by atoms with Gasteiger partial charge >= 0.3 is 0 Å². The maximum atomic E-state index is 6.46. The molecule has 4 aliphatic rings. The first-order valence-corrected chi connectivity index (χ1v) is 18.5. The fourth-order valence-corrected chi connectivity index (χ4v) is 10.3. The third-order valence-electron chi connectivity index (χ3n) is 12.3. The van der Waals surface area contributed by atoms with Crippen molar-refractivity contribution in [3.05, 3.63) is 139 Å². The molecule has 0 amide bonds. The summed E-state index contributed by atoms with van der Waals surface area (Å²) in [5.74, 6) is 4.69. The van der Waals surface area contributed by atoms with Gasteiger partial charge in [0.2, 0.25) is 0 Å². The van der Waals surface area contributed by atoms with Crippen molar-refractivity contribution in [2.24, 2.45) is 17.8 Å². The largest absolute Gasteiger partial charge is 0.455 e. The van der Waals surface area contributed by atoms with Crippen LogP contribution in [0.2, 0.25) is 0 Å². The molecule has 0 saturated heterocycles. The lowest BCUT2D eigenvalue weighted by molar-refractivity contribution is -0.00518. The number of fused-ring (bicyclic) bond motifs is 4. The average Bonchev–Trinajstić information content (AvgIpc) is 3.56. The molecule has 2 heterocycles. The molecule has 0 radical (unpaired) electrons. The highest BCUT2D eigenvalue weighted by Gasteiger charge is 2.51. The smallest absolute Gasteiger partial charge is 0.167 e. The van der Waals surface area contributed by atoms with Crippen molar-refractivity contribution in [2.75, 3.05) is 0 Å². The lowest BCUT2D eigenvalue weighted by atomic mass is 9.48. The molecule has 0 unspecified atom stereocenters. The van der Waals surface area contributed by atoms with Crippen molar-refractivity contribution in [3.63, 3.8) is 0 Å². The molecule has 0 atom stereocenters. The summed E-state index contributed by atoms with van der Waals surface area (Å²) in [6, 6.07) is 47.4. The molecule has 4 heteroatoms. The summed E-state index contributed by atoms with van der Waals surface area (Å²) < 4.78 is 6.46. The standard InChI is InChI=1S/C47H37N3O/c1-2-7-36-25-37(17-14-32(36)6-1)33-12-15-34(16-13-33)44-48-45(35-18-20-38(21-19-35)47-26-29-22-30(27-47)24-31(23-29)28-47)50-46(49-44)41-10-5-9-40-39-8-3-4-11-42(39)51-43(40)41/h1-21,25,29-31H,22-24,26-28H2. The van der Waals surface area contributed by atoms with Crippen molar-refractivity contribution in [2.45, 2.75) is 43.9 Å². The summed E-state index contributed by atoms with van der Waals surface area (Å²) in [4.78, 5) is 15.4. The molecule has 0 N–H and O–H groups in total. The Morgan fingerprint density at radius 1 is 0.471 bits per heavy atom. The summed E-state index contributed by atoms with van der Waals surface area (Å²) in [5, 5.41) is 4.63. The zero-order valence-electron chi connectivity index (χ0n) is 28.4. The summed E-state index contributed by atoms with van der Waals surface area (Å²) in [7, 11) is 0. The second kappa shape index (κ2) is 11.2. The number of hydrogen-bond acceptors (Lipinski definition) is 4. The molecule has 0 spiro atoms. The van der Waals surface area contributed by atoms with E-state index in [0.29, 0.717) is 22.9 Å². The normalized spacial score (nSPS) is 22.3. The fourth-order valence-electron chi connectivity index (χ4n) is 10.3. The second-order valence-corrected chi connectivity index (χ2v) is 15.5. The Labute approximate surface area is 297 Å². The first-order chi connectivity index (χ1) is 25.1. The van der Waals surface area contributed by atoms with Gasteiger partial charge in [-0.25, -0.2) is 15.0 Å². The molecular formula is C47H37N3O. The van der Waals surface area contributed by atoms with Gasteiger partial charge in [-0.3, -0.25) is 0 Å². The monoisotopic (exact) mass is 659 g/mol. The molecule has 4 bridgehead atoms. The SMILES string of the molecule is c1ccc2cc(-c3ccc(-c4nc(-c5ccc(C67CC8CC(CC(C8)C6)C7)cc5)nc(-c5cccc6c5oc5ccccc56)n4)cc3)ccc2c1. The lowest BCUT2D eigenvalue weighted by Crippen LogP contribution is -2.48. The summed E-state index contributed by atoms with van der Waals surface area (Å²) in [6.45, 7) is 0. The zero-order chi connectivity index (χ0) is 33.5. The van der Waals surface area contributed by atoms with Gasteiger partial charge in [-0.05, 0) is 107 Å². The van der Waals surface area contributed by atoms with Gasteiger partial charge in [0, 0.05) is 21.9 Å². The number of para-hydroxylation sites is 2. The quantitative estimate of drug-likeness (QED) is 0.184. The topological polar surface area (TPSA) is 51.8 Å². The molecule has 0 aliphatic heterocycles. The van der Waals surface area contributed by atoms with Gasteiger partial charge in [-0.15, -0.1) is 0 Å². The second-order valence-electron chi connectivity index (χ2n) is 15.5. The summed E-state index contributed by atoms with van der Waals surface area (Å²) in [6.07, 6.45) is 8.43. The van der Waals surface area contributed by atoms with Crippen LogP contribution in [-0.4, -0.2) is 15.0 Å². The predicted octanol–water partition coefficient (Wildman–Crippen LogP) is 12.1. The van der Waals surface area contributed by atoms with Gasteiger partial charge in [0.1, 0.15) is 11.2 Å². The van der Waals surface area contributed by atoms with Crippen LogP contribution in [0.4, 0.5) is 0 Å². The van der Waals surface area contributed by atoms with E-state index in [0.717, 1.165) is 61.9 Å². The van der Waals surface area contributed by atoms with Gasteiger partial charge in [0.25, 0.3) is 0 Å². The fraction of sp³-hybridized carbons (Fsp3) is 0.213. The van der Waals surface area contributed by atoms with Crippen LogP contribution in [0.25, 0.3) is 78.0 Å². The molecule has 246 valence electrons. The van der Waals surface area contributed by atoms with Gasteiger partial charge in [-0.2, -0.15) is 0 Å². The number of aromatic nitrogens is 3. The van der Waals surface area contributed by atoms with Crippen LogP contribution in [0.3, 0.4) is 0 Å². The molecule has 6 aromatic carbocycles. The van der Waals surface area contributed by atoms with E-state index in [9.17, 15) is 0 Å². The Balaban J connectivity index is 1.02. The molecule has 4 aliphatic carbocycles. The molecule has 51 heavy (non-hydrogen) atoms. The minimum Gasteiger partial charge on any atom is -0.455 e. The molecule has 4 saturated carbocycles. The Bertz CT molecular complexity index is 2580. The van der Waals surface area contributed by atoms with Crippen molar-refractivity contribution >= 4 is 32.7 Å². The molecular weight excluding hydrogens is 623 g/mol. The number of benzene rings is 6. The van der Waals surface area contributed by atoms with E-state index < -0.39 is 0 Å². The van der Waals surface area contributed by atoms with Crippen molar-refractivity contribution < 1.29 is 4.42 Å². The molecule has 12 rings (SSSR count). The Morgan fingerprint density at radius 3 is 1.76 bits per heavy atom. The first-order valence-electron chi connectivity index (χ1n) is 18.5. The van der Waals surface area contributed by atoms with Crippen LogP contribution in [0.1, 0.15) is 44.1 Å². The number of rotatable bonds is 5. The number of furan rings is 1. The van der Waals surface area contributed by atoms with E-state index in [1.165, 1.54) is 60.4 Å². The maximum Gasteiger partial charge on any atom is 0.167 e. The Kier molecular flexibility index (Phi) is 6.40. The van der Waals surface area contributed by atoms with E-state index in [1.54, 1.807) is 0 Å². The minimum atomic E-state index is 0.354. The number of nitrogens with zero attached hydrogens (tertiary/aromatic N) is 3. The van der Waals surface area contributed by atoms with Gasteiger partial charge in [0.15, 0.2) is 17.5 Å². The van der Waals surface area contributed by atoms with Crippen LogP contribution in [-0.2, 0) is 5.41 Å². The van der Waals surface area contributed by atoms with Crippen LogP contribution >= 0.6 is 0 Å². The highest BCUT2D eigenvalue weighted by Crippen LogP contribution is 2.60.